The average molecular weight is 345 g/mol. The highest BCUT2D eigenvalue weighted by Crippen LogP contribution is 2.20. The van der Waals surface area contributed by atoms with Gasteiger partial charge in [-0.15, -0.1) is 0 Å². The second kappa shape index (κ2) is 9.56. The topological polar surface area (TPSA) is 52.7 Å². The number of likely N-dealkylation sites (N-methyl/N-ethyl adjacent to an activating group) is 1. The summed E-state index contributed by atoms with van der Waals surface area (Å²) >= 11 is 0. The average Bonchev–Trinajstić information content (AvgIpc) is 3.09. The van der Waals surface area contributed by atoms with Crippen LogP contribution in [0, 0.1) is 0 Å². The van der Waals surface area contributed by atoms with Gasteiger partial charge in [-0.3, -0.25) is 9.59 Å². The first-order valence-corrected chi connectivity index (χ1v) is 9.47. The number of hydrogen-bond acceptors (Lipinski definition) is 3. The summed E-state index contributed by atoms with van der Waals surface area (Å²) in [7, 11) is 1.91. The van der Waals surface area contributed by atoms with Crippen LogP contribution in [-0.4, -0.2) is 60.9 Å². The first-order chi connectivity index (χ1) is 12.1. The molecule has 1 fully saturated rings. The third-order valence-electron chi connectivity index (χ3n) is 4.71. The Balaban J connectivity index is 2.17. The molecule has 1 aliphatic rings. The van der Waals surface area contributed by atoms with Crippen molar-refractivity contribution in [3.8, 4) is 0 Å². The van der Waals surface area contributed by atoms with Gasteiger partial charge in [0.2, 0.25) is 0 Å². The van der Waals surface area contributed by atoms with Gasteiger partial charge in [-0.05, 0) is 50.9 Å². The van der Waals surface area contributed by atoms with Gasteiger partial charge >= 0.3 is 0 Å². The van der Waals surface area contributed by atoms with Gasteiger partial charge in [0.1, 0.15) is 0 Å². The van der Waals surface area contributed by atoms with E-state index >= 15 is 0 Å². The van der Waals surface area contributed by atoms with Gasteiger partial charge in [0.25, 0.3) is 11.8 Å². The van der Waals surface area contributed by atoms with Crippen LogP contribution >= 0.6 is 0 Å². The summed E-state index contributed by atoms with van der Waals surface area (Å²) in [5, 5.41) is 3.16. The monoisotopic (exact) mass is 345 g/mol. The highest BCUT2D eigenvalue weighted by molar-refractivity contribution is 5.99. The number of hydrogen-bond donors (Lipinski definition) is 1. The van der Waals surface area contributed by atoms with E-state index in [2.05, 4.69) is 19.2 Å². The molecule has 1 aromatic carbocycles. The first-order valence-electron chi connectivity index (χ1n) is 9.47. The van der Waals surface area contributed by atoms with E-state index < -0.39 is 0 Å². The summed E-state index contributed by atoms with van der Waals surface area (Å²) in [5.41, 5.74) is 1.22. The van der Waals surface area contributed by atoms with E-state index in [0.29, 0.717) is 11.1 Å². The van der Waals surface area contributed by atoms with Crippen molar-refractivity contribution in [2.24, 2.45) is 0 Å². The minimum atomic E-state index is 0.0200. The number of nitrogens with one attached hydrogen (secondary N) is 1. The molecule has 0 spiro atoms. The van der Waals surface area contributed by atoms with Gasteiger partial charge in [-0.1, -0.05) is 19.9 Å². The van der Waals surface area contributed by atoms with Crippen LogP contribution < -0.4 is 5.32 Å². The zero-order valence-corrected chi connectivity index (χ0v) is 15.8. The van der Waals surface area contributed by atoms with Crippen molar-refractivity contribution in [1.82, 2.24) is 15.1 Å². The van der Waals surface area contributed by atoms with Crippen LogP contribution in [0.2, 0.25) is 0 Å². The third-order valence-corrected chi connectivity index (χ3v) is 4.71. The fourth-order valence-corrected chi connectivity index (χ4v) is 3.54. The number of benzene rings is 1. The van der Waals surface area contributed by atoms with Crippen molar-refractivity contribution >= 4 is 11.8 Å². The molecule has 1 heterocycles. The number of amides is 2. The molecular formula is C20H31N3O2. The number of rotatable bonds is 8. The minimum Gasteiger partial charge on any atom is -0.339 e. The van der Waals surface area contributed by atoms with E-state index in [1.165, 1.54) is 0 Å². The number of carbonyl (C=O) groups excluding carboxylic acids is 2. The first kappa shape index (κ1) is 19.4. The van der Waals surface area contributed by atoms with Crippen LogP contribution in [0.3, 0.4) is 0 Å². The molecule has 2 amide bonds. The molecule has 5 heteroatoms. The van der Waals surface area contributed by atoms with Crippen molar-refractivity contribution in [2.45, 2.75) is 45.6 Å². The van der Waals surface area contributed by atoms with Gasteiger partial charge in [0.05, 0.1) is 0 Å². The van der Waals surface area contributed by atoms with Crippen LogP contribution in [-0.2, 0) is 0 Å². The van der Waals surface area contributed by atoms with Gasteiger partial charge in [0.15, 0.2) is 0 Å². The van der Waals surface area contributed by atoms with Crippen molar-refractivity contribution in [2.75, 3.05) is 33.2 Å². The van der Waals surface area contributed by atoms with Crippen molar-refractivity contribution in [3.63, 3.8) is 0 Å². The maximum atomic E-state index is 12.9. The molecule has 0 aromatic heterocycles. The zero-order valence-electron chi connectivity index (χ0n) is 15.8. The Bertz CT molecular complexity index is 582. The van der Waals surface area contributed by atoms with E-state index in [4.69, 9.17) is 0 Å². The molecule has 1 aromatic rings. The summed E-state index contributed by atoms with van der Waals surface area (Å²) < 4.78 is 0. The lowest BCUT2D eigenvalue weighted by molar-refractivity contribution is 0.0737. The molecule has 0 bridgehead atoms. The molecule has 5 nitrogen and oxygen atoms in total. The van der Waals surface area contributed by atoms with E-state index in [1.54, 1.807) is 6.07 Å². The standard InChI is InChI=1S/C20H31N3O2/c1-4-11-22(12-5-2)19(24)16-8-6-9-17(14-16)20(25)23-13-7-10-18(23)15-21-3/h6,8-9,14,18,21H,4-5,7,10-13,15H2,1-3H3. The SMILES string of the molecule is CCCN(CCC)C(=O)c1cccc(C(=O)N2CCCC2CNC)c1. The molecule has 1 atom stereocenters. The Labute approximate surface area is 151 Å². The smallest absolute Gasteiger partial charge is 0.254 e. The van der Waals surface area contributed by atoms with E-state index in [-0.39, 0.29) is 17.9 Å². The number of carbonyl (C=O) groups is 2. The Morgan fingerprint density at radius 3 is 2.52 bits per heavy atom. The number of likely N-dealkylation sites (tertiary alicyclic amines) is 1. The second-order valence-corrected chi connectivity index (χ2v) is 6.73. The number of nitrogens with zero attached hydrogens (tertiary/aromatic N) is 2. The lowest BCUT2D eigenvalue weighted by Gasteiger charge is -2.25. The van der Waals surface area contributed by atoms with Crippen molar-refractivity contribution < 1.29 is 9.59 Å². The maximum Gasteiger partial charge on any atom is 0.254 e. The molecule has 0 radical (unpaired) electrons. The second-order valence-electron chi connectivity index (χ2n) is 6.73. The summed E-state index contributed by atoms with van der Waals surface area (Å²) in [6, 6.07) is 7.45. The Morgan fingerprint density at radius 1 is 1.20 bits per heavy atom. The molecule has 1 saturated heterocycles. The van der Waals surface area contributed by atoms with Gasteiger partial charge in [-0.2, -0.15) is 0 Å². The Hall–Kier alpha value is -1.88. The Morgan fingerprint density at radius 2 is 1.88 bits per heavy atom. The lowest BCUT2D eigenvalue weighted by atomic mass is 10.1. The summed E-state index contributed by atoms with van der Waals surface area (Å²) in [5.74, 6) is 0.0523. The quantitative estimate of drug-likeness (QED) is 0.788. The van der Waals surface area contributed by atoms with Gasteiger partial charge < -0.3 is 15.1 Å². The molecular weight excluding hydrogens is 314 g/mol. The summed E-state index contributed by atoms with van der Waals surface area (Å²) in [6.45, 7) is 7.26. The van der Waals surface area contributed by atoms with Crippen LogP contribution in [0.25, 0.3) is 0 Å². The molecule has 0 aliphatic carbocycles. The van der Waals surface area contributed by atoms with Crippen LogP contribution in [0.5, 0.6) is 0 Å². The van der Waals surface area contributed by atoms with Crippen LogP contribution in [0.4, 0.5) is 0 Å². The normalized spacial score (nSPS) is 16.9. The molecule has 0 saturated carbocycles. The van der Waals surface area contributed by atoms with Crippen LogP contribution in [0.1, 0.15) is 60.2 Å². The lowest BCUT2D eigenvalue weighted by Crippen LogP contribution is -2.41. The predicted octanol–water partition coefficient (Wildman–Crippen LogP) is 2.77. The highest BCUT2D eigenvalue weighted by atomic mass is 16.2. The molecule has 138 valence electrons. The molecule has 2 rings (SSSR count). The predicted molar refractivity (Wildman–Crippen MR) is 101 cm³/mol. The van der Waals surface area contributed by atoms with Gasteiger partial charge in [0, 0.05) is 43.3 Å². The summed E-state index contributed by atoms with van der Waals surface area (Å²) in [6.07, 6.45) is 3.94. The van der Waals surface area contributed by atoms with Crippen molar-refractivity contribution in [3.05, 3.63) is 35.4 Å². The largest absolute Gasteiger partial charge is 0.339 e. The van der Waals surface area contributed by atoms with E-state index in [0.717, 1.165) is 51.9 Å². The van der Waals surface area contributed by atoms with E-state index in [9.17, 15) is 9.59 Å². The molecule has 1 unspecified atom stereocenters. The third kappa shape index (κ3) is 4.82. The molecule has 25 heavy (non-hydrogen) atoms. The fraction of sp³-hybridized carbons (Fsp3) is 0.600. The minimum absolute atomic E-state index is 0.0200. The summed E-state index contributed by atoms with van der Waals surface area (Å²) in [4.78, 5) is 29.5. The molecule has 1 aliphatic heterocycles. The fourth-order valence-electron chi connectivity index (χ4n) is 3.54. The van der Waals surface area contributed by atoms with Gasteiger partial charge in [-0.25, -0.2) is 0 Å². The van der Waals surface area contributed by atoms with Crippen molar-refractivity contribution in [1.29, 1.82) is 0 Å². The molecule has 1 N–H and O–H groups in total. The highest BCUT2D eigenvalue weighted by Gasteiger charge is 2.29. The Kier molecular flexibility index (Phi) is 7.44. The maximum absolute atomic E-state index is 12.9. The van der Waals surface area contributed by atoms with Crippen LogP contribution in [0.15, 0.2) is 24.3 Å². The zero-order chi connectivity index (χ0) is 18.2. The van der Waals surface area contributed by atoms with E-state index in [1.807, 2.05) is 35.0 Å².